The molecule has 0 amide bonds. The molecule has 1 heterocycles. The van der Waals surface area contributed by atoms with Crippen LogP contribution in [0.4, 0.5) is 0 Å². The average Bonchev–Trinajstić information content (AvgIpc) is 2.21. The lowest BCUT2D eigenvalue weighted by atomic mass is 10.2. The van der Waals surface area contributed by atoms with Crippen molar-refractivity contribution in [1.29, 1.82) is 0 Å². The van der Waals surface area contributed by atoms with Crippen LogP contribution >= 0.6 is 0 Å². The van der Waals surface area contributed by atoms with Gasteiger partial charge in [0.15, 0.2) is 0 Å². The highest BCUT2D eigenvalue weighted by Gasteiger charge is 2.05. The molecule has 2 rings (SSSR count). The van der Waals surface area contributed by atoms with Gasteiger partial charge in [-0.15, -0.1) is 0 Å². The SMILES string of the molecule is [CH]1CC=CCN1Cc1ccccc1. The first-order valence-electron chi connectivity index (χ1n) is 4.71. The lowest BCUT2D eigenvalue weighted by Crippen LogP contribution is -2.22. The fraction of sp³-hybridized carbons (Fsp3) is 0.250. The van der Waals surface area contributed by atoms with Crippen molar-refractivity contribution in [2.24, 2.45) is 0 Å². The fourth-order valence-corrected chi connectivity index (χ4v) is 1.54. The van der Waals surface area contributed by atoms with Gasteiger partial charge in [0.25, 0.3) is 0 Å². The Bertz CT molecular complexity index is 276. The summed E-state index contributed by atoms with van der Waals surface area (Å²) in [7, 11) is 0. The quantitative estimate of drug-likeness (QED) is 0.620. The third kappa shape index (κ3) is 2.43. The van der Waals surface area contributed by atoms with Gasteiger partial charge in [-0.2, -0.15) is 0 Å². The molecule has 0 aliphatic carbocycles. The van der Waals surface area contributed by atoms with Crippen LogP contribution in [0.3, 0.4) is 0 Å². The molecule has 0 unspecified atom stereocenters. The van der Waals surface area contributed by atoms with Gasteiger partial charge in [-0.1, -0.05) is 42.5 Å². The van der Waals surface area contributed by atoms with Crippen molar-refractivity contribution in [2.75, 3.05) is 6.54 Å². The summed E-state index contributed by atoms with van der Waals surface area (Å²) in [4.78, 5) is 2.34. The Hall–Kier alpha value is -1.08. The minimum Gasteiger partial charge on any atom is -0.291 e. The Labute approximate surface area is 79.7 Å². The molecule has 1 nitrogen and oxygen atoms in total. The smallest absolute Gasteiger partial charge is 0.0296 e. The molecule has 0 spiro atoms. The van der Waals surface area contributed by atoms with E-state index in [0.29, 0.717) is 0 Å². The third-order valence-corrected chi connectivity index (χ3v) is 2.23. The van der Waals surface area contributed by atoms with Gasteiger partial charge in [0.1, 0.15) is 0 Å². The van der Waals surface area contributed by atoms with E-state index in [2.05, 4.69) is 53.9 Å². The lowest BCUT2D eigenvalue weighted by molar-refractivity contribution is 0.348. The van der Waals surface area contributed by atoms with E-state index < -0.39 is 0 Å². The second-order valence-corrected chi connectivity index (χ2v) is 3.30. The van der Waals surface area contributed by atoms with Crippen LogP contribution in [-0.4, -0.2) is 11.4 Å². The number of nitrogens with zero attached hydrogens (tertiary/aromatic N) is 1. The molecule has 1 aliphatic heterocycles. The molecule has 0 N–H and O–H groups in total. The second kappa shape index (κ2) is 4.24. The van der Waals surface area contributed by atoms with Crippen LogP contribution in [0, 0.1) is 6.54 Å². The predicted octanol–water partition coefficient (Wildman–Crippen LogP) is 2.61. The summed E-state index contributed by atoms with van der Waals surface area (Å²) < 4.78 is 0. The number of hydrogen-bond acceptors (Lipinski definition) is 1. The molecule has 0 aromatic heterocycles. The zero-order chi connectivity index (χ0) is 8.93. The third-order valence-electron chi connectivity index (χ3n) is 2.23. The maximum Gasteiger partial charge on any atom is 0.0296 e. The van der Waals surface area contributed by atoms with Gasteiger partial charge in [-0.25, -0.2) is 0 Å². The Morgan fingerprint density at radius 2 is 1.92 bits per heavy atom. The minimum absolute atomic E-state index is 1.03. The van der Waals surface area contributed by atoms with E-state index in [1.54, 1.807) is 0 Å². The molecule has 1 radical (unpaired) electrons. The molecule has 0 fully saturated rings. The van der Waals surface area contributed by atoms with Crippen LogP contribution in [0.15, 0.2) is 42.5 Å². The molecule has 0 saturated carbocycles. The van der Waals surface area contributed by atoms with Gasteiger partial charge in [-0.05, 0) is 12.0 Å². The van der Waals surface area contributed by atoms with Crippen molar-refractivity contribution in [3.8, 4) is 0 Å². The van der Waals surface area contributed by atoms with E-state index in [0.717, 1.165) is 19.5 Å². The molecule has 67 valence electrons. The number of rotatable bonds is 2. The maximum absolute atomic E-state index is 2.34. The number of benzene rings is 1. The van der Waals surface area contributed by atoms with Crippen molar-refractivity contribution < 1.29 is 0 Å². The van der Waals surface area contributed by atoms with Gasteiger partial charge >= 0.3 is 0 Å². The van der Waals surface area contributed by atoms with Gasteiger partial charge in [0.05, 0.1) is 0 Å². The van der Waals surface area contributed by atoms with Crippen molar-refractivity contribution in [3.05, 3.63) is 54.6 Å². The molecular weight excluding hydrogens is 158 g/mol. The highest BCUT2D eigenvalue weighted by Crippen LogP contribution is 2.10. The van der Waals surface area contributed by atoms with E-state index in [4.69, 9.17) is 0 Å². The topological polar surface area (TPSA) is 3.24 Å². The summed E-state index contributed by atoms with van der Waals surface area (Å²) in [6, 6.07) is 10.6. The molecule has 1 aromatic rings. The molecule has 0 bridgehead atoms. The standard InChI is InChI=1S/C12H14N/c1-3-7-12(8-4-1)11-13-9-5-2-6-10-13/h1-5,7-8,10H,6,9,11H2. The van der Waals surface area contributed by atoms with Crippen LogP contribution in [0.25, 0.3) is 0 Å². The molecule has 0 saturated heterocycles. The first kappa shape index (κ1) is 8.52. The van der Waals surface area contributed by atoms with Crippen LogP contribution in [-0.2, 0) is 6.54 Å². The van der Waals surface area contributed by atoms with Crippen molar-refractivity contribution >= 4 is 0 Å². The summed E-state index contributed by atoms with van der Waals surface area (Å²) in [6.45, 7) is 4.34. The van der Waals surface area contributed by atoms with Crippen LogP contribution in [0.2, 0.25) is 0 Å². The van der Waals surface area contributed by atoms with E-state index in [-0.39, 0.29) is 0 Å². The van der Waals surface area contributed by atoms with Crippen molar-refractivity contribution in [3.63, 3.8) is 0 Å². The Morgan fingerprint density at radius 3 is 2.62 bits per heavy atom. The van der Waals surface area contributed by atoms with E-state index in [9.17, 15) is 0 Å². The second-order valence-electron chi connectivity index (χ2n) is 3.30. The monoisotopic (exact) mass is 172 g/mol. The van der Waals surface area contributed by atoms with Crippen LogP contribution in [0.5, 0.6) is 0 Å². The van der Waals surface area contributed by atoms with Crippen molar-refractivity contribution in [1.82, 2.24) is 4.90 Å². The summed E-state index contributed by atoms with van der Waals surface area (Å²) in [5.74, 6) is 0. The Morgan fingerprint density at radius 1 is 1.08 bits per heavy atom. The zero-order valence-corrected chi connectivity index (χ0v) is 7.69. The maximum atomic E-state index is 2.34. The Kier molecular flexibility index (Phi) is 2.78. The van der Waals surface area contributed by atoms with Crippen LogP contribution in [0.1, 0.15) is 12.0 Å². The minimum atomic E-state index is 1.03. The summed E-state index contributed by atoms with van der Waals surface area (Å²) in [5, 5.41) is 0. The normalized spacial score (nSPS) is 17.5. The first-order valence-corrected chi connectivity index (χ1v) is 4.71. The van der Waals surface area contributed by atoms with Gasteiger partial charge < -0.3 is 0 Å². The highest BCUT2D eigenvalue weighted by atomic mass is 15.1. The van der Waals surface area contributed by atoms with E-state index in [1.165, 1.54) is 5.56 Å². The van der Waals surface area contributed by atoms with E-state index in [1.807, 2.05) is 0 Å². The largest absolute Gasteiger partial charge is 0.291 e. The number of hydrogen-bond donors (Lipinski definition) is 0. The summed E-state index contributed by atoms with van der Waals surface area (Å²) in [5.41, 5.74) is 1.38. The molecule has 1 aliphatic rings. The molecular formula is C12H14N. The highest BCUT2D eigenvalue weighted by molar-refractivity contribution is 5.15. The van der Waals surface area contributed by atoms with Gasteiger partial charge in [0.2, 0.25) is 0 Å². The first-order chi connectivity index (χ1) is 6.45. The molecule has 13 heavy (non-hydrogen) atoms. The zero-order valence-electron chi connectivity index (χ0n) is 7.69. The average molecular weight is 172 g/mol. The summed E-state index contributed by atoms with van der Waals surface area (Å²) in [6.07, 6.45) is 5.51. The molecule has 0 atom stereocenters. The Balaban J connectivity index is 1.94. The van der Waals surface area contributed by atoms with Gasteiger partial charge in [0, 0.05) is 19.6 Å². The van der Waals surface area contributed by atoms with Crippen molar-refractivity contribution in [2.45, 2.75) is 13.0 Å². The van der Waals surface area contributed by atoms with E-state index >= 15 is 0 Å². The lowest BCUT2D eigenvalue weighted by Gasteiger charge is -2.22. The fourth-order valence-electron chi connectivity index (χ4n) is 1.54. The predicted molar refractivity (Wildman–Crippen MR) is 54.9 cm³/mol. The molecule has 1 aromatic carbocycles. The van der Waals surface area contributed by atoms with Crippen LogP contribution < -0.4 is 0 Å². The van der Waals surface area contributed by atoms with Gasteiger partial charge in [-0.3, -0.25) is 4.90 Å². The summed E-state index contributed by atoms with van der Waals surface area (Å²) >= 11 is 0. The molecule has 1 heteroatoms.